The van der Waals surface area contributed by atoms with E-state index in [9.17, 15) is 13.2 Å². The van der Waals surface area contributed by atoms with Crippen LogP contribution >= 0.6 is 0 Å². The molecule has 1 aliphatic heterocycles. The fourth-order valence-corrected chi connectivity index (χ4v) is 2.86. The van der Waals surface area contributed by atoms with E-state index < -0.39 is 10.0 Å². The number of aromatic nitrogens is 1. The van der Waals surface area contributed by atoms with E-state index in [1.807, 2.05) is 0 Å². The van der Waals surface area contributed by atoms with Crippen molar-refractivity contribution in [2.75, 3.05) is 6.79 Å². The molecule has 21 heavy (non-hydrogen) atoms. The zero-order chi connectivity index (χ0) is 14.9. The molecule has 0 bridgehead atoms. The number of hydrogen-bond donors (Lipinski definition) is 2. The largest absolute Gasteiger partial charge is 0.454 e. The molecule has 0 aliphatic carbocycles. The van der Waals surface area contributed by atoms with Crippen molar-refractivity contribution in [2.24, 2.45) is 0 Å². The summed E-state index contributed by atoms with van der Waals surface area (Å²) in [6.45, 7) is 0.278. The topological polar surface area (TPSA) is 97.5 Å². The molecular formula is C13H12N2O5S. The number of hydrogen-bond acceptors (Lipinski definition) is 5. The highest BCUT2D eigenvalue weighted by Crippen LogP contribution is 2.32. The summed E-state index contributed by atoms with van der Waals surface area (Å²) < 4.78 is 37.0. The van der Waals surface area contributed by atoms with Gasteiger partial charge in [-0.25, -0.2) is 13.1 Å². The van der Waals surface area contributed by atoms with E-state index in [-0.39, 0.29) is 23.8 Å². The Balaban J connectivity index is 1.74. The normalized spacial score (nSPS) is 13.3. The maximum absolute atomic E-state index is 12.1. The quantitative estimate of drug-likeness (QED) is 0.861. The van der Waals surface area contributed by atoms with Crippen LogP contribution in [0.1, 0.15) is 5.56 Å². The fourth-order valence-electron chi connectivity index (χ4n) is 1.88. The lowest BCUT2D eigenvalue weighted by atomic mass is 10.2. The Morgan fingerprint density at radius 2 is 1.95 bits per heavy atom. The lowest BCUT2D eigenvalue weighted by Crippen LogP contribution is -2.24. The molecule has 0 spiro atoms. The summed E-state index contributed by atoms with van der Waals surface area (Å²) in [7, 11) is -3.68. The molecule has 2 heterocycles. The minimum atomic E-state index is -3.68. The van der Waals surface area contributed by atoms with Crippen LogP contribution in [0.4, 0.5) is 0 Å². The van der Waals surface area contributed by atoms with Gasteiger partial charge in [0.05, 0.1) is 4.90 Å². The van der Waals surface area contributed by atoms with Crippen molar-refractivity contribution in [3.63, 3.8) is 0 Å². The molecule has 0 unspecified atom stereocenters. The first-order chi connectivity index (χ1) is 10.0. The third-order valence-corrected chi connectivity index (χ3v) is 4.37. The number of pyridine rings is 1. The van der Waals surface area contributed by atoms with Crippen molar-refractivity contribution in [1.82, 2.24) is 9.71 Å². The molecule has 0 radical (unpaired) electrons. The van der Waals surface area contributed by atoms with Gasteiger partial charge in [-0.2, -0.15) is 0 Å². The second kappa shape index (κ2) is 5.23. The van der Waals surface area contributed by atoms with Crippen LogP contribution in [-0.4, -0.2) is 20.2 Å². The number of ether oxygens (including phenoxy) is 2. The van der Waals surface area contributed by atoms with Gasteiger partial charge in [0.1, 0.15) is 0 Å². The standard InChI is InChI=1S/C13H12N2O5S/c16-13-4-2-10(7-14-13)21(17,18)15-6-9-1-3-11-12(5-9)20-8-19-11/h1-5,7,15H,6,8H2,(H,14,16). The number of nitrogens with one attached hydrogen (secondary N) is 2. The van der Waals surface area contributed by atoms with E-state index in [1.165, 1.54) is 6.07 Å². The van der Waals surface area contributed by atoms with Gasteiger partial charge in [-0.05, 0) is 23.8 Å². The molecule has 0 atom stereocenters. The first kappa shape index (κ1) is 13.7. The van der Waals surface area contributed by atoms with Crippen molar-refractivity contribution in [3.8, 4) is 11.5 Å². The summed E-state index contributed by atoms with van der Waals surface area (Å²) in [6.07, 6.45) is 1.16. The van der Waals surface area contributed by atoms with E-state index in [0.717, 1.165) is 17.8 Å². The monoisotopic (exact) mass is 308 g/mol. The molecule has 2 aromatic rings. The summed E-state index contributed by atoms with van der Waals surface area (Å²) in [5, 5.41) is 0. The van der Waals surface area contributed by atoms with Crippen molar-refractivity contribution >= 4 is 10.0 Å². The lowest BCUT2D eigenvalue weighted by Gasteiger charge is -2.07. The van der Waals surface area contributed by atoms with Crippen molar-refractivity contribution in [1.29, 1.82) is 0 Å². The molecule has 0 saturated heterocycles. The Kier molecular flexibility index (Phi) is 3.40. The lowest BCUT2D eigenvalue weighted by molar-refractivity contribution is 0.174. The van der Waals surface area contributed by atoms with Crippen LogP contribution in [0.5, 0.6) is 11.5 Å². The maximum Gasteiger partial charge on any atom is 0.247 e. The summed E-state index contributed by atoms with van der Waals surface area (Å²) in [5.41, 5.74) is 0.386. The predicted molar refractivity (Wildman–Crippen MR) is 73.7 cm³/mol. The highest BCUT2D eigenvalue weighted by Gasteiger charge is 2.16. The van der Waals surface area contributed by atoms with E-state index >= 15 is 0 Å². The van der Waals surface area contributed by atoms with Crippen LogP contribution in [-0.2, 0) is 16.6 Å². The van der Waals surface area contributed by atoms with Gasteiger partial charge in [0.15, 0.2) is 11.5 Å². The van der Waals surface area contributed by atoms with Gasteiger partial charge in [-0.3, -0.25) is 4.79 Å². The van der Waals surface area contributed by atoms with Gasteiger partial charge in [0, 0.05) is 18.8 Å². The molecule has 8 heteroatoms. The fraction of sp³-hybridized carbons (Fsp3) is 0.154. The second-order valence-corrected chi connectivity index (χ2v) is 6.17. The van der Waals surface area contributed by atoms with E-state index in [4.69, 9.17) is 9.47 Å². The summed E-state index contributed by atoms with van der Waals surface area (Å²) in [6, 6.07) is 7.61. The van der Waals surface area contributed by atoms with Crippen LogP contribution in [0.25, 0.3) is 0 Å². The summed E-state index contributed by atoms with van der Waals surface area (Å²) in [5.74, 6) is 1.23. The molecule has 1 aromatic heterocycles. The van der Waals surface area contributed by atoms with Crippen molar-refractivity contribution in [3.05, 3.63) is 52.4 Å². The van der Waals surface area contributed by atoms with Crippen LogP contribution in [0, 0.1) is 0 Å². The van der Waals surface area contributed by atoms with E-state index in [2.05, 4.69) is 9.71 Å². The number of aromatic amines is 1. The second-order valence-electron chi connectivity index (χ2n) is 4.40. The first-order valence-electron chi connectivity index (χ1n) is 6.11. The minimum Gasteiger partial charge on any atom is -0.454 e. The van der Waals surface area contributed by atoms with Gasteiger partial charge in [-0.1, -0.05) is 6.07 Å². The van der Waals surface area contributed by atoms with Gasteiger partial charge >= 0.3 is 0 Å². The number of H-pyrrole nitrogens is 1. The Labute approximate surface area is 120 Å². The highest BCUT2D eigenvalue weighted by atomic mass is 32.2. The molecule has 0 fully saturated rings. The molecule has 110 valence electrons. The van der Waals surface area contributed by atoms with Gasteiger partial charge in [0.2, 0.25) is 22.4 Å². The SMILES string of the molecule is O=c1ccc(S(=O)(=O)NCc2ccc3c(c2)OCO3)c[nH]1. The number of sulfonamides is 1. The smallest absolute Gasteiger partial charge is 0.247 e. The highest BCUT2D eigenvalue weighted by molar-refractivity contribution is 7.89. The third-order valence-electron chi connectivity index (χ3n) is 2.97. The zero-order valence-electron chi connectivity index (χ0n) is 10.8. The molecule has 1 aromatic carbocycles. The number of benzene rings is 1. The number of rotatable bonds is 4. The Bertz CT molecular complexity index is 808. The van der Waals surface area contributed by atoms with Crippen molar-refractivity contribution in [2.45, 2.75) is 11.4 Å². The Hall–Kier alpha value is -2.32. The molecule has 2 N–H and O–H groups in total. The average Bonchev–Trinajstić information content (AvgIpc) is 2.93. The summed E-state index contributed by atoms with van der Waals surface area (Å²) in [4.78, 5) is 13.3. The first-order valence-corrected chi connectivity index (χ1v) is 7.60. The molecule has 0 amide bonds. The zero-order valence-corrected chi connectivity index (χ0v) is 11.6. The minimum absolute atomic E-state index is 0.00263. The average molecular weight is 308 g/mol. The van der Waals surface area contributed by atoms with Crippen LogP contribution < -0.4 is 19.8 Å². The molecular weight excluding hydrogens is 296 g/mol. The molecule has 7 nitrogen and oxygen atoms in total. The van der Waals surface area contributed by atoms with Crippen LogP contribution in [0.15, 0.2) is 46.2 Å². The van der Waals surface area contributed by atoms with Crippen LogP contribution in [0.2, 0.25) is 0 Å². The predicted octanol–water partition coefficient (Wildman–Crippen LogP) is 0.582. The van der Waals surface area contributed by atoms with E-state index in [0.29, 0.717) is 11.5 Å². The van der Waals surface area contributed by atoms with E-state index in [1.54, 1.807) is 18.2 Å². The van der Waals surface area contributed by atoms with Crippen molar-refractivity contribution < 1.29 is 17.9 Å². The third kappa shape index (κ3) is 2.91. The maximum atomic E-state index is 12.1. The molecule has 1 aliphatic rings. The van der Waals surface area contributed by atoms with Gasteiger partial charge < -0.3 is 14.5 Å². The van der Waals surface area contributed by atoms with Crippen LogP contribution in [0.3, 0.4) is 0 Å². The summed E-state index contributed by atoms with van der Waals surface area (Å²) >= 11 is 0. The number of fused-ring (bicyclic) bond motifs is 1. The Morgan fingerprint density at radius 1 is 1.14 bits per heavy atom. The van der Waals surface area contributed by atoms with Gasteiger partial charge in [0.25, 0.3) is 0 Å². The van der Waals surface area contributed by atoms with Gasteiger partial charge in [-0.15, -0.1) is 0 Å². The Morgan fingerprint density at radius 3 is 2.71 bits per heavy atom. The molecule has 3 rings (SSSR count). The molecule has 0 saturated carbocycles.